The van der Waals surface area contributed by atoms with Crippen LogP contribution in [0.25, 0.3) is 76.8 Å². The molecule has 0 bridgehead atoms. The summed E-state index contributed by atoms with van der Waals surface area (Å²) < 4.78 is 37.7. The summed E-state index contributed by atoms with van der Waals surface area (Å²) in [5, 5.41) is 6.09. The van der Waals surface area contributed by atoms with Crippen molar-refractivity contribution in [2.75, 3.05) is 9.80 Å². The fraction of sp³-hybridized carbons (Fsp3) is 0.200. The predicted octanol–water partition coefficient (Wildman–Crippen LogP) is 23.7. The van der Waals surface area contributed by atoms with E-state index in [0.29, 0.717) is 22.5 Å². The molecule has 0 spiro atoms. The quantitative estimate of drug-likeness (QED) is 0.126. The molecular formula is C80H74F2N2. The monoisotopic (exact) mass is 1100 g/mol. The van der Waals surface area contributed by atoms with Crippen LogP contribution in [0, 0.1) is 11.6 Å². The summed E-state index contributed by atoms with van der Waals surface area (Å²) in [6.45, 7) is 26.6. The van der Waals surface area contributed by atoms with Crippen LogP contribution in [0.5, 0.6) is 0 Å². The molecule has 0 aliphatic rings. The Kier molecular flexibility index (Phi) is 14.0. The Hall–Kier alpha value is -8.86. The van der Waals surface area contributed by atoms with Gasteiger partial charge in [-0.05, 0) is 160 Å². The van der Waals surface area contributed by atoms with Gasteiger partial charge in [-0.25, -0.2) is 8.78 Å². The average molecular weight is 1100 g/mol. The van der Waals surface area contributed by atoms with Crippen LogP contribution >= 0.6 is 0 Å². The number of hydrogen-bond donors (Lipinski definition) is 0. The Morgan fingerprint density at radius 3 is 0.881 bits per heavy atom. The zero-order valence-electron chi connectivity index (χ0n) is 50.6. The van der Waals surface area contributed by atoms with Crippen LogP contribution in [-0.2, 0) is 21.7 Å². The van der Waals surface area contributed by atoms with Gasteiger partial charge in [0.1, 0.15) is 0 Å². The molecule has 12 aromatic rings. The summed E-state index contributed by atoms with van der Waals surface area (Å²) in [6.07, 6.45) is 0. The first-order valence-electron chi connectivity index (χ1n) is 29.6. The lowest BCUT2D eigenvalue weighted by molar-refractivity contribution is 0.589. The molecule has 0 saturated carbocycles. The summed E-state index contributed by atoms with van der Waals surface area (Å²) in [5.74, 6) is -0.615. The maximum atomic E-state index is 18.8. The van der Waals surface area contributed by atoms with E-state index >= 15 is 8.78 Å². The second-order valence-corrected chi connectivity index (χ2v) is 26.8. The summed E-state index contributed by atoms with van der Waals surface area (Å²) in [6, 6.07) is 79.8. The maximum absolute atomic E-state index is 18.8. The van der Waals surface area contributed by atoms with Gasteiger partial charge in [-0.15, -0.1) is 0 Å². The Bertz CT molecular complexity index is 4150. The first kappa shape index (κ1) is 55.7. The average Bonchev–Trinajstić information content (AvgIpc) is 1.07. The summed E-state index contributed by atoms with van der Waals surface area (Å²) in [7, 11) is 0. The fourth-order valence-electron chi connectivity index (χ4n) is 12.9. The van der Waals surface area contributed by atoms with Gasteiger partial charge in [-0.1, -0.05) is 253 Å². The summed E-state index contributed by atoms with van der Waals surface area (Å²) >= 11 is 0. The molecule has 0 N–H and O–H groups in total. The van der Waals surface area contributed by atoms with Crippen molar-refractivity contribution in [3.05, 3.63) is 264 Å². The van der Waals surface area contributed by atoms with Crippen molar-refractivity contribution in [1.29, 1.82) is 0 Å². The number of anilines is 6. The van der Waals surface area contributed by atoms with E-state index in [1.54, 1.807) is 0 Å². The van der Waals surface area contributed by atoms with Crippen molar-refractivity contribution in [2.24, 2.45) is 0 Å². The van der Waals surface area contributed by atoms with Crippen LogP contribution in [0.2, 0.25) is 0 Å². The van der Waals surface area contributed by atoms with Crippen LogP contribution in [0.1, 0.15) is 105 Å². The van der Waals surface area contributed by atoms with Gasteiger partial charge in [0.05, 0.1) is 22.7 Å². The molecule has 0 fully saturated rings. The Balaban J connectivity index is 1.14. The minimum Gasteiger partial charge on any atom is -0.307 e. The van der Waals surface area contributed by atoms with E-state index in [9.17, 15) is 0 Å². The molecule has 0 radical (unpaired) electrons. The molecule has 84 heavy (non-hydrogen) atoms. The third kappa shape index (κ3) is 10.00. The molecule has 0 amide bonds. The molecule has 0 saturated heterocycles. The molecule has 0 aliphatic carbocycles. The second-order valence-electron chi connectivity index (χ2n) is 26.8. The van der Waals surface area contributed by atoms with Gasteiger partial charge in [-0.3, -0.25) is 0 Å². The lowest BCUT2D eigenvalue weighted by Crippen LogP contribution is -2.16. The molecule has 12 rings (SSSR count). The van der Waals surface area contributed by atoms with Crippen LogP contribution < -0.4 is 9.80 Å². The lowest BCUT2D eigenvalue weighted by atomic mass is 9.79. The zero-order valence-corrected chi connectivity index (χ0v) is 50.6. The minimum absolute atomic E-state index is 0.193. The SMILES string of the molecule is CC(C)(C)c1ccccc1-c1cc(-c2ccccc2C(C)(C)C)c(F)c(N(c2ccccc2)c2ccc3ccc4c(N(c5ccccc5)c5cc(-c6ccccc6C(C)(C)C)cc(-c6ccccc6C(C)(C)C)c5F)ccc5ccc2c3c54)c1. The van der Waals surface area contributed by atoms with Crippen molar-refractivity contribution in [1.82, 2.24) is 0 Å². The molecule has 0 aliphatic heterocycles. The standard InChI is InChI=1S/C80H74F2N2/c1-77(2,3)65-35-23-19-31-57(65)53-47-63(59-33-21-25-37-67(59)79(7,8)9)75(81)71(49-53)83(55-27-15-13-16-28-55)69-45-41-51-40-44-62-70(46-42-52-39-43-61(69)73(51)74(52)62)84(56-29-17-14-18-30-56)72-50-54(58-32-20-24-36-66(58)78(4,5)6)48-64(76(72)82)60-34-22-26-38-68(60)80(10,11)12/h13-50H,1-12H3. The highest BCUT2D eigenvalue weighted by Gasteiger charge is 2.31. The van der Waals surface area contributed by atoms with E-state index in [1.807, 2.05) is 48.5 Å². The Labute approximate surface area is 496 Å². The fourth-order valence-corrected chi connectivity index (χ4v) is 12.9. The largest absolute Gasteiger partial charge is 0.307 e. The molecular weight excluding hydrogens is 1030 g/mol. The number of nitrogens with zero attached hydrogens (tertiary/aromatic N) is 2. The van der Waals surface area contributed by atoms with Crippen LogP contribution in [0.4, 0.5) is 42.9 Å². The number of rotatable bonds is 10. The maximum Gasteiger partial charge on any atom is 0.155 e. The van der Waals surface area contributed by atoms with Crippen LogP contribution in [0.3, 0.4) is 0 Å². The van der Waals surface area contributed by atoms with Crippen molar-refractivity contribution in [3.63, 3.8) is 0 Å². The van der Waals surface area contributed by atoms with E-state index in [-0.39, 0.29) is 33.3 Å². The van der Waals surface area contributed by atoms with E-state index in [0.717, 1.165) is 99.6 Å². The normalized spacial score (nSPS) is 12.4. The van der Waals surface area contributed by atoms with E-state index < -0.39 is 0 Å². The van der Waals surface area contributed by atoms with Gasteiger partial charge in [0.2, 0.25) is 0 Å². The predicted molar refractivity (Wildman–Crippen MR) is 356 cm³/mol. The van der Waals surface area contributed by atoms with Crippen molar-refractivity contribution in [3.8, 4) is 44.5 Å². The molecule has 0 atom stereocenters. The summed E-state index contributed by atoms with van der Waals surface area (Å²) in [5.41, 5.74) is 14.6. The van der Waals surface area contributed by atoms with E-state index in [4.69, 9.17) is 0 Å². The zero-order chi connectivity index (χ0) is 59.0. The lowest BCUT2D eigenvalue weighted by Gasteiger charge is -2.31. The number of para-hydroxylation sites is 2. The molecule has 2 nitrogen and oxygen atoms in total. The van der Waals surface area contributed by atoms with Crippen molar-refractivity contribution in [2.45, 2.75) is 105 Å². The molecule has 0 unspecified atom stereocenters. The van der Waals surface area contributed by atoms with Gasteiger partial charge in [-0.2, -0.15) is 0 Å². The highest BCUT2D eigenvalue weighted by molar-refractivity contribution is 6.28. The first-order chi connectivity index (χ1) is 40.1. The molecule has 4 heteroatoms. The van der Waals surface area contributed by atoms with Crippen LogP contribution in [0.15, 0.2) is 231 Å². The Morgan fingerprint density at radius 2 is 0.548 bits per heavy atom. The third-order valence-corrected chi connectivity index (χ3v) is 16.9. The number of benzene rings is 12. The van der Waals surface area contributed by atoms with Gasteiger partial charge >= 0.3 is 0 Å². The van der Waals surface area contributed by atoms with Gasteiger partial charge in [0.25, 0.3) is 0 Å². The van der Waals surface area contributed by atoms with Crippen molar-refractivity contribution >= 4 is 66.4 Å². The minimum atomic E-state index is -0.307. The van der Waals surface area contributed by atoms with Gasteiger partial charge in [0, 0.05) is 33.3 Å². The summed E-state index contributed by atoms with van der Waals surface area (Å²) in [4.78, 5) is 4.25. The highest BCUT2D eigenvalue weighted by Crippen LogP contribution is 2.52. The second kappa shape index (κ2) is 21.1. The highest BCUT2D eigenvalue weighted by atomic mass is 19.1. The Morgan fingerprint density at radius 1 is 0.262 bits per heavy atom. The van der Waals surface area contributed by atoms with Crippen LogP contribution in [-0.4, -0.2) is 0 Å². The molecule has 12 aromatic carbocycles. The molecule has 418 valence electrons. The van der Waals surface area contributed by atoms with E-state index in [2.05, 4.69) is 275 Å². The van der Waals surface area contributed by atoms with Gasteiger partial charge < -0.3 is 9.80 Å². The third-order valence-electron chi connectivity index (χ3n) is 16.9. The van der Waals surface area contributed by atoms with Crippen molar-refractivity contribution < 1.29 is 8.78 Å². The number of halogens is 2. The molecule has 0 aromatic heterocycles. The van der Waals surface area contributed by atoms with Gasteiger partial charge in [0.15, 0.2) is 11.6 Å². The van der Waals surface area contributed by atoms with E-state index in [1.165, 1.54) is 11.1 Å². The topological polar surface area (TPSA) is 6.48 Å². The smallest absolute Gasteiger partial charge is 0.155 e. The number of hydrogen-bond acceptors (Lipinski definition) is 2. The first-order valence-corrected chi connectivity index (χ1v) is 29.6. The molecule has 0 heterocycles.